The van der Waals surface area contributed by atoms with Crippen molar-refractivity contribution in [3.05, 3.63) is 71.2 Å². The third kappa shape index (κ3) is 6.72. The molecule has 0 spiro atoms. The van der Waals surface area contributed by atoms with Crippen molar-refractivity contribution in [3.8, 4) is 11.6 Å². The summed E-state index contributed by atoms with van der Waals surface area (Å²) >= 11 is 0. The van der Waals surface area contributed by atoms with E-state index in [0.717, 1.165) is 34.5 Å². The van der Waals surface area contributed by atoms with Gasteiger partial charge in [0, 0.05) is 25.5 Å². The Labute approximate surface area is 195 Å². The van der Waals surface area contributed by atoms with Gasteiger partial charge in [-0.1, -0.05) is 23.8 Å². The summed E-state index contributed by atoms with van der Waals surface area (Å²) in [6.07, 6.45) is 1.85. The Morgan fingerprint density at radius 2 is 1.83 bits per heavy atom. The quantitative estimate of drug-likeness (QED) is 0.216. The normalized spacial score (nSPS) is 11.0. The molecule has 0 fully saturated rings. The second-order valence-electron chi connectivity index (χ2n) is 6.88. The molecule has 2 N–H and O–H groups in total. The maximum Gasteiger partial charge on any atom is 0.191 e. The van der Waals surface area contributed by atoms with E-state index in [9.17, 15) is 0 Å². The molecule has 3 aromatic rings. The van der Waals surface area contributed by atoms with Gasteiger partial charge in [-0.25, -0.2) is 9.67 Å². The minimum Gasteiger partial charge on any atom is -0.492 e. The van der Waals surface area contributed by atoms with Crippen LogP contribution in [0.1, 0.15) is 22.5 Å². The molecule has 0 saturated heterocycles. The summed E-state index contributed by atoms with van der Waals surface area (Å²) in [5.74, 6) is 2.41. The van der Waals surface area contributed by atoms with E-state index in [2.05, 4.69) is 32.6 Å². The third-order valence-electron chi connectivity index (χ3n) is 4.40. The molecule has 7 nitrogen and oxygen atoms in total. The van der Waals surface area contributed by atoms with Gasteiger partial charge in [0.25, 0.3) is 0 Å². The highest BCUT2D eigenvalue weighted by atomic mass is 127. The van der Waals surface area contributed by atoms with Crippen molar-refractivity contribution in [1.82, 2.24) is 25.4 Å². The molecule has 0 aliphatic rings. The molecular weight excluding hydrogens is 491 g/mol. The lowest BCUT2D eigenvalue weighted by Crippen LogP contribution is -2.38. The topological polar surface area (TPSA) is 76.4 Å². The van der Waals surface area contributed by atoms with Crippen LogP contribution in [-0.4, -0.2) is 40.9 Å². The fourth-order valence-corrected chi connectivity index (χ4v) is 2.89. The molecule has 0 atom stereocenters. The van der Waals surface area contributed by atoms with Gasteiger partial charge in [0.2, 0.25) is 0 Å². The first-order valence-electron chi connectivity index (χ1n) is 9.67. The van der Waals surface area contributed by atoms with Crippen molar-refractivity contribution >= 4 is 29.9 Å². The van der Waals surface area contributed by atoms with Gasteiger partial charge in [-0.3, -0.25) is 4.99 Å². The van der Waals surface area contributed by atoms with Crippen molar-refractivity contribution < 1.29 is 4.74 Å². The molecule has 2 heterocycles. The number of hydrogen-bond acceptors (Lipinski definition) is 4. The highest BCUT2D eigenvalue weighted by Gasteiger charge is 2.05. The number of guanidine groups is 1. The molecule has 30 heavy (non-hydrogen) atoms. The van der Waals surface area contributed by atoms with Crippen LogP contribution in [0.15, 0.2) is 53.7 Å². The molecular formula is C22H29IN6O. The number of halogens is 1. The summed E-state index contributed by atoms with van der Waals surface area (Å²) in [5, 5.41) is 11.0. The molecule has 0 amide bonds. The zero-order valence-corrected chi connectivity index (χ0v) is 20.2. The van der Waals surface area contributed by atoms with Crippen molar-refractivity contribution in [2.45, 2.75) is 27.3 Å². The standard InChI is InChI=1S/C22H28N6O.HI/c1-16-5-8-20(9-6-16)29-12-11-24-22(23-4)26-15-19-7-10-21(25-14-19)28-18(3)13-17(2)27-28;/h5-10,13-14H,11-12,15H2,1-4H3,(H2,23,24,26);1H. The van der Waals surface area contributed by atoms with E-state index in [1.807, 2.05) is 67.2 Å². The molecule has 2 aromatic heterocycles. The number of nitrogens with zero attached hydrogens (tertiary/aromatic N) is 4. The number of nitrogens with one attached hydrogen (secondary N) is 2. The van der Waals surface area contributed by atoms with Crippen molar-refractivity contribution in [2.75, 3.05) is 20.2 Å². The Balaban J connectivity index is 0.00000320. The number of benzene rings is 1. The first kappa shape index (κ1) is 23.7. The van der Waals surface area contributed by atoms with Gasteiger partial charge >= 0.3 is 0 Å². The average molecular weight is 520 g/mol. The first-order valence-corrected chi connectivity index (χ1v) is 9.67. The maximum atomic E-state index is 5.72. The van der Waals surface area contributed by atoms with Gasteiger partial charge < -0.3 is 15.4 Å². The van der Waals surface area contributed by atoms with E-state index in [4.69, 9.17) is 4.74 Å². The molecule has 8 heteroatoms. The van der Waals surface area contributed by atoms with Crippen LogP contribution in [-0.2, 0) is 6.54 Å². The number of rotatable bonds is 7. The number of aliphatic imine (C=N–C) groups is 1. The lowest BCUT2D eigenvalue weighted by Gasteiger charge is -2.13. The number of aromatic nitrogens is 3. The summed E-state index contributed by atoms with van der Waals surface area (Å²) in [5.41, 5.74) is 4.33. The van der Waals surface area contributed by atoms with Crippen LogP contribution in [0.5, 0.6) is 5.75 Å². The Morgan fingerprint density at radius 1 is 1.07 bits per heavy atom. The molecule has 0 bridgehead atoms. The van der Waals surface area contributed by atoms with E-state index in [1.54, 1.807) is 7.05 Å². The lowest BCUT2D eigenvalue weighted by atomic mass is 10.2. The second-order valence-corrected chi connectivity index (χ2v) is 6.88. The summed E-state index contributed by atoms with van der Waals surface area (Å²) in [4.78, 5) is 8.77. The van der Waals surface area contributed by atoms with Crippen LogP contribution in [0.3, 0.4) is 0 Å². The zero-order valence-electron chi connectivity index (χ0n) is 17.8. The molecule has 0 radical (unpaired) electrons. The largest absolute Gasteiger partial charge is 0.492 e. The van der Waals surface area contributed by atoms with E-state index in [0.29, 0.717) is 19.7 Å². The Bertz CT molecular complexity index is 951. The fourth-order valence-electron chi connectivity index (χ4n) is 2.89. The molecule has 0 saturated carbocycles. The summed E-state index contributed by atoms with van der Waals surface area (Å²) < 4.78 is 7.57. The monoisotopic (exact) mass is 520 g/mol. The van der Waals surface area contributed by atoms with Crippen LogP contribution in [0.4, 0.5) is 0 Å². The third-order valence-corrected chi connectivity index (χ3v) is 4.40. The minimum absolute atomic E-state index is 0. The molecule has 0 aliphatic carbocycles. The summed E-state index contributed by atoms with van der Waals surface area (Å²) in [6, 6.07) is 14.1. The molecule has 160 valence electrons. The van der Waals surface area contributed by atoms with Gasteiger partial charge in [0.1, 0.15) is 12.4 Å². The van der Waals surface area contributed by atoms with Crippen molar-refractivity contribution in [2.24, 2.45) is 4.99 Å². The highest BCUT2D eigenvalue weighted by molar-refractivity contribution is 14.0. The smallest absolute Gasteiger partial charge is 0.191 e. The Kier molecular flexibility index (Phi) is 9.10. The first-order chi connectivity index (χ1) is 14.0. The number of aryl methyl sites for hydroxylation is 3. The predicted octanol–water partition coefficient (Wildman–Crippen LogP) is 3.55. The van der Waals surface area contributed by atoms with Gasteiger partial charge in [0.15, 0.2) is 11.8 Å². The average Bonchev–Trinajstić information content (AvgIpc) is 3.07. The van der Waals surface area contributed by atoms with Gasteiger partial charge in [-0.05, 0) is 50.6 Å². The highest BCUT2D eigenvalue weighted by Crippen LogP contribution is 2.11. The number of ether oxygens (including phenoxy) is 1. The van der Waals surface area contributed by atoms with Crippen molar-refractivity contribution in [1.29, 1.82) is 0 Å². The molecule has 0 aliphatic heterocycles. The Hall–Kier alpha value is -2.62. The van der Waals surface area contributed by atoms with Gasteiger partial charge in [-0.15, -0.1) is 24.0 Å². The van der Waals surface area contributed by atoms with E-state index < -0.39 is 0 Å². The lowest BCUT2D eigenvalue weighted by molar-refractivity contribution is 0.322. The van der Waals surface area contributed by atoms with E-state index in [-0.39, 0.29) is 24.0 Å². The molecule has 0 unspecified atom stereocenters. The predicted molar refractivity (Wildman–Crippen MR) is 131 cm³/mol. The van der Waals surface area contributed by atoms with Crippen LogP contribution < -0.4 is 15.4 Å². The second kappa shape index (κ2) is 11.5. The maximum absolute atomic E-state index is 5.72. The van der Waals surface area contributed by atoms with Gasteiger partial charge in [0.05, 0.1) is 12.2 Å². The van der Waals surface area contributed by atoms with Gasteiger partial charge in [-0.2, -0.15) is 5.10 Å². The van der Waals surface area contributed by atoms with Crippen LogP contribution in [0.25, 0.3) is 5.82 Å². The van der Waals surface area contributed by atoms with Crippen LogP contribution in [0, 0.1) is 20.8 Å². The van der Waals surface area contributed by atoms with Crippen LogP contribution in [0.2, 0.25) is 0 Å². The SMILES string of the molecule is CN=C(NCCOc1ccc(C)cc1)NCc1ccc(-n2nc(C)cc2C)nc1.I. The number of pyridine rings is 1. The molecule has 3 rings (SSSR count). The summed E-state index contributed by atoms with van der Waals surface area (Å²) in [6.45, 7) is 7.90. The Morgan fingerprint density at radius 3 is 2.43 bits per heavy atom. The minimum atomic E-state index is 0. The molecule has 1 aromatic carbocycles. The fraction of sp³-hybridized carbons (Fsp3) is 0.318. The van der Waals surface area contributed by atoms with E-state index in [1.165, 1.54) is 5.56 Å². The zero-order chi connectivity index (χ0) is 20.6. The van der Waals surface area contributed by atoms with Crippen molar-refractivity contribution in [3.63, 3.8) is 0 Å². The van der Waals surface area contributed by atoms with E-state index >= 15 is 0 Å². The summed E-state index contributed by atoms with van der Waals surface area (Å²) in [7, 11) is 1.75. The van der Waals surface area contributed by atoms with Crippen LogP contribution >= 0.6 is 24.0 Å². The number of hydrogen-bond donors (Lipinski definition) is 2.